The molecule has 0 aromatic heterocycles. The number of allylic oxidation sites excluding steroid dienone is 1. The highest BCUT2D eigenvalue weighted by molar-refractivity contribution is 4.90. The molecule has 1 aliphatic rings. The molecule has 7 nitrogen and oxygen atoms in total. The van der Waals surface area contributed by atoms with Gasteiger partial charge in [0.25, 0.3) is 0 Å². The second-order valence-electron chi connectivity index (χ2n) is 8.68. The molecule has 6 unspecified atom stereocenters. The van der Waals surface area contributed by atoms with Crippen molar-refractivity contribution < 1.29 is 35.0 Å². The van der Waals surface area contributed by atoms with Crippen molar-refractivity contribution in [1.82, 2.24) is 0 Å². The Labute approximate surface area is 188 Å². The minimum absolute atomic E-state index is 0.118. The smallest absolute Gasteiger partial charge is 0.186 e. The largest absolute Gasteiger partial charge is 0.394 e. The number of unbranched alkanes of at least 4 members (excludes halogenated alkanes) is 11. The Kier molecular flexibility index (Phi) is 16.5. The Morgan fingerprint density at radius 3 is 2.00 bits per heavy atom. The number of rotatable bonds is 18. The average molecular weight is 447 g/mol. The molecular formula is C24H46O7. The lowest BCUT2D eigenvalue weighted by Crippen LogP contribution is -2.59. The number of hydrogen-bond acceptors (Lipinski definition) is 7. The molecule has 0 saturated carbocycles. The lowest BCUT2D eigenvalue weighted by molar-refractivity contribution is -0.301. The molecule has 6 atom stereocenters. The van der Waals surface area contributed by atoms with Crippen molar-refractivity contribution in [1.29, 1.82) is 0 Å². The second kappa shape index (κ2) is 18.0. The zero-order chi connectivity index (χ0) is 22.9. The number of aliphatic hydroxyl groups excluding tert-OH is 5. The third kappa shape index (κ3) is 12.3. The van der Waals surface area contributed by atoms with Crippen LogP contribution in [0.25, 0.3) is 0 Å². The highest BCUT2D eigenvalue weighted by atomic mass is 16.7. The van der Waals surface area contributed by atoms with Gasteiger partial charge in [0.05, 0.1) is 19.3 Å². The summed E-state index contributed by atoms with van der Waals surface area (Å²) in [7, 11) is 0. The maximum Gasteiger partial charge on any atom is 0.186 e. The van der Waals surface area contributed by atoms with Crippen LogP contribution in [0.5, 0.6) is 0 Å². The minimum atomic E-state index is -1.45. The van der Waals surface area contributed by atoms with E-state index < -0.39 is 43.4 Å². The standard InChI is InChI=1S/C24H46O7/c1-2-3-4-5-6-7-8-9-10-11-12-13-14-15-19(26)16-17-30-24-23(29)22(28)21(27)20(18-25)31-24/h14-15,19-29H,2-13,16-18H2,1H3. The topological polar surface area (TPSA) is 120 Å². The van der Waals surface area contributed by atoms with Gasteiger partial charge in [0.1, 0.15) is 24.4 Å². The molecule has 31 heavy (non-hydrogen) atoms. The molecule has 1 rings (SSSR count). The SMILES string of the molecule is CCCCCCCCCCCCCC=CC(O)CCOC1OC(CO)C(O)C(O)C1O. The molecule has 1 aliphatic heterocycles. The summed E-state index contributed by atoms with van der Waals surface area (Å²) in [5.41, 5.74) is 0. The van der Waals surface area contributed by atoms with Crippen molar-refractivity contribution >= 4 is 0 Å². The molecule has 1 heterocycles. The number of ether oxygens (including phenoxy) is 2. The van der Waals surface area contributed by atoms with Gasteiger partial charge in [-0.1, -0.05) is 83.3 Å². The quantitative estimate of drug-likeness (QED) is 0.162. The van der Waals surface area contributed by atoms with E-state index in [1.165, 1.54) is 64.2 Å². The molecule has 0 amide bonds. The van der Waals surface area contributed by atoms with Gasteiger partial charge in [0.2, 0.25) is 0 Å². The maximum atomic E-state index is 10.0. The van der Waals surface area contributed by atoms with Crippen LogP contribution >= 0.6 is 0 Å². The summed E-state index contributed by atoms with van der Waals surface area (Å²) < 4.78 is 10.7. The molecule has 0 bridgehead atoms. The van der Waals surface area contributed by atoms with Gasteiger partial charge < -0.3 is 35.0 Å². The average Bonchev–Trinajstić information content (AvgIpc) is 2.77. The predicted octanol–water partition coefficient (Wildman–Crippen LogP) is 2.81. The normalized spacial score (nSPS) is 27.7. The van der Waals surface area contributed by atoms with Crippen LogP contribution in [0.15, 0.2) is 12.2 Å². The Morgan fingerprint density at radius 2 is 1.42 bits per heavy atom. The van der Waals surface area contributed by atoms with Crippen molar-refractivity contribution in [3.05, 3.63) is 12.2 Å². The third-order valence-corrected chi connectivity index (χ3v) is 5.88. The number of aliphatic hydroxyl groups is 5. The molecule has 5 N–H and O–H groups in total. The Balaban J connectivity index is 2.01. The van der Waals surface area contributed by atoms with Gasteiger partial charge in [0, 0.05) is 6.42 Å². The monoisotopic (exact) mass is 446 g/mol. The van der Waals surface area contributed by atoms with E-state index in [0.29, 0.717) is 6.42 Å². The fourth-order valence-corrected chi connectivity index (χ4v) is 3.79. The van der Waals surface area contributed by atoms with Gasteiger partial charge in [0.15, 0.2) is 6.29 Å². The van der Waals surface area contributed by atoms with Crippen molar-refractivity contribution in [2.24, 2.45) is 0 Å². The molecule has 184 valence electrons. The summed E-state index contributed by atoms with van der Waals surface area (Å²) in [6, 6.07) is 0. The van der Waals surface area contributed by atoms with Gasteiger partial charge in [-0.05, 0) is 12.8 Å². The fraction of sp³-hybridized carbons (Fsp3) is 0.917. The van der Waals surface area contributed by atoms with E-state index in [9.17, 15) is 20.4 Å². The maximum absolute atomic E-state index is 10.0. The molecule has 1 saturated heterocycles. The summed E-state index contributed by atoms with van der Waals surface area (Å²) in [5, 5.41) is 48.6. The lowest BCUT2D eigenvalue weighted by Gasteiger charge is -2.39. The Morgan fingerprint density at radius 1 is 0.839 bits per heavy atom. The summed E-state index contributed by atoms with van der Waals surface area (Å²) in [6.07, 6.45) is 12.4. The van der Waals surface area contributed by atoms with Gasteiger partial charge in [-0.3, -0.25) is 0 Å². The molecular weight excluding hydrogens is 400 g/mol. The number of hydrogen-bond donors (Lipinski definition) is 5. The van der Waals surface area contributed by atoms with Crippen LogP contribution in [0.1, 0.15) is 90.4 Å². The summed E-state index contributed by atoms with van der Waals surface area (Å²) in [4.78, 5) is 0. The van der Waals surface area contributed by atoms with Crippen LogP contribution in [0, 0.1) is 0 Å². The first kappa shape index (κ1) is 28.5. The molecule has 7 heteroatoms. The minimum Gasteiger partial charge on any atom is -0.394 e. The first-order chi connectivity index (χ1) is 15.0. The first-order valence-corrected chi connectivity index (χ1v) is 12.3. The zero-order valence-electron chi connectivity index (χ0n) is 19.3. The predicted molar refractivity (Wildman–Crippen MR) is 121 cm³/mol. The van der Waals surface area contributed by atoms with Crippen molar-refractivity contribution in [2.75, 3.05) is 13.2 Å². The van der Waals surface area contributed by atoms with E-state index in [1.807, 2.05) is 6.08 Å². The van der Waals surface area contributed by atoms with E-state index in [2.05, 4.69) is 6.92 Å². The Bertz CT molecular complexity index is 444. The van der Waals surface area contributed by atoms with E-state index in [0.717, 1.165) is 12.8 Å². The van der Waals surface area contributed by atoms with Gasteiger partial charge >= 0.3 is 0 Å². The van der Waals surface area contributed by atoms with Crippen LogP contribution < -0.4 is 0 Å². The van der Waals surface area contributed by atoms with Crippen molar-refractivity contribution in [3.8, 4) is 0 Å². The van der Waals surface area contributed by atoms with Gasteiger partial charge in [-0.15, -0.1) is 0 Å². The molecule has 0 spiro atoms. The molecule has 0 aliphatic carbocycles. The van der Waals surface area contributed by atoms with Gasteiger partial charge in [-0.2, -0.15) is 0 Å². The van der Waals surface area contributed by atoms with E-state index >= 15 is 0 Å². The summed E-state index contributed by atoms with van der Waals surface area (Å²) in [6.45, 7) is 1.88. The van der Waals surface area contributed by atoms with Crippen molar-refractivity contribution in [3.63, 3.8) is 0 Å². The summed E-state index contributed by atoms with van der Waals surface area (Å²) in [5.74, 6) is 0. The van der Waals surface area contributed by atoms with E-state index in [1.54, 1.807) is 6.08 Å². The van der Waals surface area contributed by atoms with Crippen LogP contribution in [-0.2, 0) is 9.47 Å². The molecule has 0 aromatic rings. The second-order valence-corrected chi connectivity index (χ2v) is 8.68. The Hall–Kier alpha value is -0.540. The first-order valence-electron chi connectivity index (χ1n) is 12.3. The van der Waals surface area contributed by atoms with E-state index in [4.69, 9.17) is 14.6 Å². The van der Waals surface area contributed by atoms with Crippen molar-refractivity contribution in [2.45, 2.75) is 127 Å². The highest BCUT2D eigenvalue weighted by Gasteiger charge is 2.43. The van der Waals surface area contributed by atoms with Gasteiger partial charge in [-0.25, -0.2) is 0 Å². The van der Waals surface area contributed by atoms with Crippen LogP contribution in [-0.4, -0.2) is 75.6 Å². The van der Waals surface area contributed by atoms with Crippen LogP contribution in [0.2, 0.25) is 0 Å². The van der Waals surface area contributed by atoms with Crippen LogP contribution in [0.4, 0.5) is 0 Å². The van der Waals surface area contributed by atoms with Crippen LogP contribution in [0.3, 0.4) is 0 Å². The van der Waals surface area contributed by atoms with E-state index in [-0.39, 0.29) is 6.61 Å². The lowest BCUT2D eigenvalue weighted by atomic mass is 9.99. The molecule has 0 aromatic carbocycles. The molecule has 0 radical (unpaired) electrons. The molecule has 1 fully saturated rings. The highest BCUT2D eigenvalue weighted by Crippen LogP contribution is 2.22. The third-order valence-electron chi connectivity index (χ3n) is 5.88. The fourth-order valence-electron chi connectivity index (χ4n) is 3.79. The zero-order valence-corrected chi connectivity index (χ0v) is 19.3. The summed E-state index contributed by atoms with van der Waals surface area (Å²) >= 11 is 0.